The van der Waals surface area contributed by atoms with Gasteiger partial charge in [-0.05, 0) is 37.1 Å². The molecular formula is C18H21FN2O4. The van der Waals surface area contributed by atoms with Crippen LogP contribution in [0.5, 0.6) is 0 Å². The van der Waals surface area contributed by atoms with Crippen molar-refractivity contribution in [2.75, 3.05) is 6.54 Å². The van der Waals surface area contributed by atoms with Crippen LogP contribution in [0, 0.1) is 5.82 Å². The fourth-order valence-corrected chi connectivity index (χ4v) is 2.32. The van der Waals surface area contributed by atoms with Gasteiger partial charge in [0.05, 0.1) is 12.1 Å². The van der Waals surface area contributed by atoms with Gasteiger partial charge in [0, 0.05) is 18.5 Å². The normalized spacial score (nSPS) is 10.6. The first kappa shape index (κ1) is 18.6. The van der Waals surface area contributed by atoms with E-state index in [1.54, 1.807) is 12.1 Å². The van der Waals surface area contributed by atoms with E-state index in [2.05, 4.69) is 10.3 Å². The van der Waals surface area contributed by atoms with Crippen LogP contribution in [-0.4, -0.2) is 28.5 Å². The van der Waals surface area contributed by atoms with Gasteiger partial charge < -0.3 is 14.8 Å². The molecule has 7 heteroatoms. The number of nitrogens with zero attached hydrogens (tertiary/aromatic N) is 1. The van der Waals surface area contributed by atoms with E-state index in [0.29, 0.717) is 30.1 Å². The Morgan fingerprint density at radius 2 is 1.84 bits per heavy atom. The second-order valence-electron chi connectivity index (χ2n) is 5.74. The van der Waals surface area contributed by atoms with Crippen molar-refractivity contribution in [1.82, 2.24) is 10.3 Å². The lowest BCUT2D eigenvalue weighted by molar-refractivity contribution is -0.137. The number of carboxylic acids is 1. The van der Waals surface area contributed by atoms with Gasteiger partial charge in [0.2, 0.25) is 11.8 Å². The van der Waals surface area contributed by atoms with Crippen LogP contribution in [0.4, 0.5) is 4.39 Å². The summed E-state index contributed by atoms with van der Waals surface area (Å²) in [5.41, 5.74) is 1.16. The molecule has 0 saturated carbocycles. The van der Waals surface area contributed by atoms with Crippen molar-refractivity contribution in [2.24, 2.45) is 0 Å². The van der Waals surface area contributed by atoms with Crippen LogP contribution in [0.3, 0.4) is 0 Å². The first-order valence-electron chi connectivity index (χ1n) is 8.23. The molecule has 0 aliphatic heterocycles. The van der Waals surface area contributed by atoms with Gasteiger partial charge in [-0.1, -0.05) is 12.8 Å². The number of unbranched alkanes of at least 4 members (excludes halogenated alkanes) is 3. The van der Waals surface area contributed by atoms with Crippen molar-refractivity contribution in [2.45, 2.75) is 38.5 Å². The lowest BCUT2D eigenvalue weighted by Gasteiger charge is -2.03. The van der Waals surface area contributed by atoms with Crippen molar-refractivity contribution in [3.8, 4) is 11.5 Å². The average molecular weight is 348 g/mol. The fourth-order valence-electron chi connectivity index (χ4n) is 2.32. The number of carbonyl (C=O) groups excluding carboxylic acids is 1. The number of rotatable bonds is 10. The molecule has 0 saturated heterocycles. The lowest BCUT2D eigenvalue weighted by atomic mass is 10.1. The zero-order valence-electron chi connectivity index (χ0n) is 13.8. The number of benzene rings is 1. The Morgan fingerprint density at radius 1 is 1.12 bits per heavy atom. The molecule has 0 radical (unpaired) electrons. The van der Waals surface area contributed by atoms with E-state index >= 15 is 0 Å². The molecular weight excluding hydrogens is 327 g/mol. The first-order valence-corrected chi connectivity index (χ1v) is 8.23. The van der Waals surface area contributed by atoms with Crippen LogP contribution in [0.2, 0.25) is 0 Å². The second kappa shape index (κ2) is 9.56. The van der Waals surface area contributed by atoms with Crippen molar-refractivity contribution < 1.29 is 23.5 Å². The highest BCUT2D eigenvalue weighted by Crippen LogP contribution is 2.19. The summed E-state index contributed by atoms with van der Waals surface area (Å²) < 4.78 is 18.2. The predicted octanol–water partition coefficient (Wildman–Crippen LogP) is 3.17. The van der Waals surface area contributed by atoms with Crippen LogP contribution < -0.4 is 5.32 Å². The van der Waals surface area contributed by atoms with Crippen molar-refractivity contribution >= 4 is 11.9 Å². The van der Waals surface area contributed by atoms with Crippen LogP contribution in [0.15, 0.2) is 34.9 Å². The predicted molar refractivity (Wildman–Crippen MR) is 89.3 cm³/mol. The number of nitrogens with one attached hydrogen (secondary N) is 1. The summed E-state index contributed by atoms with van der Waals surface area (Å²) in [4.78, 5) is 26.5. The van der Waals surface area contributed by atoms with Gasteiger partial charge in [0.15, 0.2) is 0 Å². The molecule has 0 bridgehead atoms. The van der Waals surface area contributed by atoms with E-state index < -0.39 is 5.97 Å². The molecule has 2 N–H and O–H groups in total. The van der Waals surface area contributed by atoms with E-state index in [9.17, 15) is 14.0 Å². The van der Waals surface area contributed by atoms with Gasteiger partial charge in [-0.3, -0.25) is 9.59 Å². The van der Waals surface area contributed by atoms with E-state index in [1.165, 1.54) is 18.4 Å². The molecule has 2 aromatic rings. The van der Waals surface area contributed by atoms with Gasteiger partial charge in [0.25, 0.3) is 0 Å². The molecule has 1 aromatic heterocycles. The molecule has 0 atom stereocenters. The molecule has 1 heterocycles. The summed E-state index contributed by atoms with van der Waals surface area (Å²) in [6.45, 7) is 0.550. The number of amides is 1. The summed E-state index contributed by atoms with van der Waals surface area (Å²) >= 11 is 0. The molecule has 0 spiro atoms. The number of aromatic nitrogens is 1. The number of oxazole rings is 1. The maximum absolute atomic E-state index is 12.9. The Hall–Kier alpha value is -2.70. The summed E-state index contributed by atoms with van der Waals surface area (Å²) in [5, 5.41) is 11.3. The minimum atomic E-state index is -0.777. The lowest BCUT2D eigenvalue weighted by Crippen LogP contribution is -2.26. The third kappa shape index (κ3) is 6.74. The zero-order chi connectivity index (χ0) is 18.1. The Balaban J connectivity index is 1.67. The Bertz CT molecular complexity index is 697. The number of carbonyl (C=O) groups is 2. The van der Waals surface area contributed by atoms with Gasteiger partial charge in [-0.25, -0.2) is 9.37 Å². The van der Waals surface area contributed by atoms with Gasteiger partial charge >= 0.3 is 5.97 Å². The van der Waals surface area contributed by atoms with E-state index in [0.717, 1.165) is 19.3 Å². The van der Waals surface area contributed by atoms with Gasteiger partial charge in [0.1, 0.15) is 12.1 Å². The minimum absolute atomic E-state index is 0.115. The molecule has 0 unspecified atom stereocenters. The smallest absolute Gasteiger partial charge is 0.303 e. The SMILES string of the molecule is O=C(O)CCCCCCNC(=O)Cc1coc(-c2ccc(F)cc2)n1. The highest BCUT2D eigenvalue weighted by molar-refractivity contribution is 5.78. The highest BCUT2D eigenvalue weighted by atomic mass is 19.1. The molecule has 1 aromatic carbocycles. The van der Waals surface area contributed by atoms with Crippen LogP contribution >= 0.6 is 0 Å². The van der Waals surface area contributed by atoms with Crippen molar-refractivity contribution in [3.05, 3.63) is 42.0 Å². The molecule has 0 aliphatic rings. The summed E-state index contributed by atoms with van der Waals surface area (Å²) in [6.07, 6.45) is 4.92. The Labute approximate surface area is 145 Å². The van der Waals surface area contributed by atoms with Crippen LogP contribution in [-0.2, 0) is 16.0 Å². The monoisotopic (exact) mass is 348 g/mol. The molecule has 0 fully saturated rings. The third-order valence-corrected chi connectivity index (χ3v) is 3.62. The van der Waals surface area contributed by atoms with Crippen LogP contribution in [0.1, 0.15) is 37.8 Å². The summed E-state index contributed by atoms with van der Waals surface area (Å²) in [7, 11) is 0. The highest BCUT2D eigenvalue weighted by Gasteiger charge is 2.10. The first-order chi connectivity index (χ1) is 12.0. The van der Waals surface area contributed by atoms with Crippen LogP contribution in [0.25, 0.3) is 11.5 Å². The maximum atomic E-state index is 12.9. The summed E-state index contributed by atoms with van der Waals surface area (Å²) in [6, 6.07) is 5.77. The topological polar surface area (TPSA) is 92.4 Å². The molecule has 25 heavy (non-hydrogen) atoms. The Morgan fingerprint density at radius 3 is 2.56 bits per heavy atom. The third-order valence-electron chi connectivity index (χ3n) is 3.62. The molecule has 0 aliphatic carbocycles. The molecule has 1 amide bonds. The molecule has 2 rings (SSSR count). The minimum Gasteiger partial charge on any atom is -0.481 e. The number of hydrogen-bond acceptors (Lipinski definition) is 4. The standard InChI is InChI=1S/C18H21FN2O4/c19-14-8-6-13(7-9-14)18-21-15(12-25-18)11-16(22)20-10-4-2-1-3-5-17(23)24/h6-9,12H,1-5,10-11H2,(H,20,22)(H,23,24). The number of carboxylic acid groups (broad SMARTS) is 1. The zero-order valence-corrected chi connectivity index (χ0v) is 13.8. The number of hydrogen-bond donors (Lipinski definition) is 2. The number of aliphatic carboxylic acids is 1. The largest absolute Gasteiger partial charge is 0.481 e. The maximum Gasteiger partial charge on any atom is 0.303 e. The van der Waals surface area contributed by atoms with Gasteiger partial charge in [-0.15, -0.1) is 0 Å². The van der Waals surface area contributed by atoms with Gasteiger partial charge in [-0.2, -0.15) is 0 Å². The molecule has 134 valence electrons. The number of halogens is 1. The quantitative estimate of drug-likeness (QED) is 0.643. The van der Waals surface area contributed by atoms with Crippen molar-refractivity contribution in [3.63, 3.8) is 0 Å². The van der Waals surface area contributed by atoms with E-state index in [1.807, 2.05) is 0 Å². The van der Waals surface area contributed by atoms with E-state index in [-0.39, 0.29) is 24.6 Å². The molecule has 6 nitrogen and oxygen atoms in total. The van der Waals surface area contributed by atoms with Crippen molar-refractivity contribution in [1.29, 1.82) is 0 Å². The Kier molecular flexibility index (Phi) is 7.13. The average Bonchev–Trinajstić information content (AvgIpc) is 3.02. The summed E-state index contributed by atoms with van der Waals surface area (Å²) in [5.74, 6) is -0.912. The fraction of sp³-hybridized carbons (Fsp3) is 0.389. The van der Waals surface area contributed by atoms with E-state index in [4.69, 9.17) is 9.52 Å². The second-order valence-corrected chi connectivity index (χ2v) is 5.74.